The molecule has 11 heteroatoms. The van der Waals surface area contributed by atoms with Crippen molar-refractivity contribution in [2.24, 2.45) is 0 Å². The standard InChI is InChI=1S/C24H26FN9O/c1-15-26-23(30-24(27-15)34(4)20-10-8-19(9-11-20)33(2)3)29-21-13-18(31-32-21)14-22(35)28-17-7-5-6-16(25)12-17/h5-13H,14H2,1-4H3,(H,28,35)(H2,26,27,29,30,31,32). The number of benzene rings is 2. The van der Waals surface area contributed by atoms with Crippen LogP contribution in [-0.4, -0.2) is 52.2 Å². The van der Waals surface area contributed by atoms with Crippen LogP contribution in [0, 0.1) is 12.7 Å². The van der Waals surface area contributed by atoms with Gasteiger partial charge in [0.05, 0.1) is 6.42 Å². The monoisotopic (exact) mass is 475 g/mol. The van der Waals surface area contributed by atoms with Crippen LogP contribution in [0.2, 0.25) is 0 Å². The first-order valence-corrected chi connectivity index (χ1v) is 10.9. The Hall–Kier alpha value is -4.54. The van der Waals surface area contributed by atoms with Crippen LogP contribution in [0.1, 0.15) is 11.5 Å². The lowest BCUT2D eigenvalue weighted by atomic mass is 10.2. The Morgan fingerprint density at radius 2 is 1.74 bits per heavy atom. The molecule has 3 N–H and O–H groups in total. The Kier molecular flexibility index (Phi) is 6.86. The van der Waals surface area contributed by atoms with Gasteiger partial charge < -0.3 is 20.4 Å². The fourth-order valence-corrected chi connectivity index (χ4v) is 3.34. The minimum absolute atomic E-state index is 0.0400. The third kappa shape index (κ3) is 6.08. The maximum Gasteiger partial charge on any atom is 0.234 e. The van der Waals surface area contributed by atoms with E-state index < -0.39 is 5.82 Å². The van der Waals surface area contributed by atoms with Gasteiger partial charge >= 0.3 is 0 Å². The summed E-state index contributed by atoms with van der Waals surface area (Å²) in [6.07, 6.45) is 0.0400. The molecule has 0 unspecified atom stereocenters. The van der Waals surface area contributed by atoms with Crippen molar-refractivity contribution in [2.45, 2.75) is 13.3 Å². The maximum absolute atomic E-state index is 13.3. The molecule has 0 aliphatic carbocycles. The predicted octanol–water partition coefficient (Wildman–Crippen LogP) is 3.80. The van der Waals surface area contributed by atoms with E-state index in [1.165, 1.54) is 18.2 Å². The zero-order valence-electron chi connectivity index (χ0n) is 19.9. The smallest absolute Gasteiger partial charge is 0.234 e. The van der Waals surface area contributed by atoms with Crippen LogP contribution in [0.3, 0.4) is 0 Å². The molecule has 0 aliphatic rings. The number of amides is 1. The van der Waals surface area contributed by atoms with Gasteiger partial charge in [-0.3, -0.25) is 9.89 Å². The third-order valence-electron chi connectivity index (χ3n) is 5.12. The second kappa shape index (κ2) is 10.2. The number of anilines is 6. The number of nitrogens with one attached hydrogen (secondary N) is 3. The minimum atomic E-state index is -0.418. The van der Waals surface area contributed by atoms with Crippen LogP contribution in [0.4, 0.5) is 39.2 Å². The lowest BCUT2D eigenvalue weighted by Crippen LogP contribution is -2.16. The summed E-state index contributed by atoms with van der Waals surface area (Å²) in [6.45, 7) is 1.78. The van der Waals surface area contributed by atoms with E-state index in [1.54, 1.807) is 19.1 Å². The fraction of sp³-hybridized carbons (Fsp3) is 0.208. The van der Waals surface area contributed by atoms with Crippen LogP contribution in [0.25, 0.3) is 0 Å². The van der Waals surface area contributed by atoms with Crippen molar-refractivity contribution in [2.75, 3.05) is 41.6 Å². The summed E-state index contributed by atoms with van der Waals surface area (Å²) in [4.78, 5) is 29.5. The molecule has 2 aromatic carbocycles. The number of halogens is 1. The van der Waals surface area contributed by atoms with Crippen molar-refractivity contribution in [3.05, 3.63) is 71.9 Å². The second-order valence-corrected chi connectivity index (χ2v) is 8.11. The second-order valence-electron chi connectivity index (χ2n) is 8.11. The van der Waals surface area contributed by atoms with E-state index in [9.17, 15) is 9.18 Å². The number of rotatable bonds is 8. The zero-order chi connectivity index (χ0) is 24.9. The summed E-state index contributed by atoms with van der Waals surface area (Å²) < 4.78 is 13.3. The van der Waals surface area contributed by atoms with Crippen molar-refractivity contribution in [3.63, 3.8) is 0 Å². The topological polar surface area (TPSA) is 115 Å². The number of carbonyl (C=O) groups excluding carboxylic acids is 1. The zero-order valence-corrected chi connectivity index (χ0v) is 19.9. The lowest BCUT2D eigenvalue weighted by molar-refractivity contribution is -0.115. The van der Waals surface area contributed by atoms with Gasteiger partial charge in [0.15, 0.2) is 5.82 Å². The van der Waals surface area contributed by atoms with Gasteiger partial charge in [0, 0.05) is 50.0 Å². The molecule has 0 aliphatic heterocycles. The van der Waals surface area contributed by atoms with Crippen LogP contribution in [-0.2, 0) is 11.2 Å². The minimum Gasteiger partial charge on any atom is -0.378 e. The van der Waals surface area contributed by atoms with Gasteiger partial charge in [0.25, 0.3) is 0 Å². The Labute approximate surface area is 202 Å². The van der Waals surface area contributed by atoms with E-state index >= 15 is 0 Å². The first-order valence-electron chi connectivity index (χ1n) is 10.9. The highest BCUT2D eigenvalue weighted by Gasteiger charge is 2.13. The van der Waals surface area contributed by atoms with Gasteiger partial charge in [0.1, 0.15) is 11.6 Å². The first-order chi connectivity index (χ1) is 16.8. The van der Waals surface area contributed by atoms with Gasteiger partial charge in [-0.1, -0.05) is 6.07 Å². The van der Waals surface area contributed by atoms with E-state index in [-0.39, 0.29) is 12.3 Å². The van der Waals surface area contributed by atoms with Gasteiger partial charge in [-0.05, 0) is 49.4 Å². The van der Waals surface area contributed by atoms with E-state index in [0.29, 0.717) is 34.9 Å². The largest absolute Gasteiger partial charge is 0.378 e. The van der Waals surface area contributed by atoms with Crippen LogP contribution < -0.4 is 20.4 Å². The molecule has 35 heavy (non-hydrogen) atoms. The number of aromatic nitrogens is 5. The van der Waals surface area contributed by atoms with Crippen LogP contribution in [0.15, 0.2) is 54.6 Å². The molecular formula is C24H26FN9O. The summed E-state index contributed by atoms with van der Waals surface area (Å²) in [5, 5.41) is 12.7. The third-order valence-corrected chi connectivity index (χ3v) is 5.12. The molecule has 0 radical (unpaired) electrons. The molecule has 4 aromatic rings. The summed E-state index contributed by atoms with van der Waals surface area (Å²) >= 11 is 0. The van der Waals surface area contributed by atoms with Crippen molar-refractivity contribution in [3.8, 4) is 0 Å². The highest BCUT2D eigenvalue weighted by Crippen LogP contribution is 2.24. The molecule has 180 valence electrons. The Balaban J connectivity index is 1.43. The van der Waals surface area contributed by atoms with Crippen molar-refractivity contribution in [1.29, 1.82) is 0 Å². The van der Waals surface area contributed by atoms with Gasteiger partial charge in [0.2, 0.25) is 17.8 Å². The van der Waals surface area contributed by atoms with Gasteiger partial charge in [-0.2, -0.15) is 20.1 Å². The maximum atomic E-state index is 13.3. The fourth-order valence-electron chi connectivity index (χ4n) is 3.34. The Morgan fingerprint density at radius 3 is 2.46 bits per heavy atom. The molecular weight excluding hydrogens is 449 g/mol. The highest BCUT2D eigenvalue weighted by atomic mass is 19.1. The van der Waals surface area contributed by atoms with E-state index in [4.69, 9.17) is 0 Å². The Morgan fingerprint density at radius 1 is 1.00 bits per heavy atom. The molecule has 2 heterocycles. The van der Waals surface area contributed by atoms with Crippen LogP contribution >= 0.6 is 0 Å². The van der Waals surface area contributed by atoms with E-state index in [2.05, 4.69) is 35.8 Å². The predicted molar refractivity (Wildman–Crippen MR) is 134 cm³/mol. The molecule has 0 atom stereocenters. The molecule has 0 saturated heterocycles. The van der Waals surface area contributed by atoms with E-state index in [0.717, 1.165) is 11.4 Å². The van der Waals surface area contributed by atoms with E-state index in [1.807, 2.05) is 55.2 Å². The lowest BCUT2D eigenvalue weighted by Gasteiger charge is -2.19. The Bertz CT molecular complexity index is 1320. The number of aromatic amines is 1. The highest BCUT2D eigenvalue weighted by molar-refractivity contribution is 5.92. The molecule has 10 nitrogen and oxygen atoms in total. The molecule has 4 rings (SSSR count). The van der Waals surface area contributed by atoms with Gasteiger partial charge in [-0.15, -0.1) is 0 Å². The molecule has 2 aromatic heterocycles. The van der Waals surface area contributed by atoms with Crippen molar-refractivity contribution in [1.82, 2.24) is 25.1 Å². The normalized spacial score (nSPS) is 10.7. The molecule has 0 saturated carbocycles. The summed E-state index contributed by atoms with van der Waals surface area (Å²) in [5.74, 6) is 1.08. The molecule has 0 fully saturated rings. The number of aryl methyl sites for hydroxylation is 1. The first kappa shape index (κ1) is 23.6. The summed E-state index contributed by atoms with van der Waals surface area (Å²) in [6, 6.07) is 15.4. The molecule has 1 amide bonds. The summed E-state index contributed by atoms with van der Waals surface area (Å²) in [5.41, 5.74) is 2.99. The van der Waals surface area contributed by atoms with Crippen molar-refractivity contribution < 1.29 is 9.18 Å². The number of nitrogens with zero attached hydrogens (tertiary/aromatic N) is 6. The number of carbonyl (C=O) groups is 1. The summed E-state index contributed by atoms with van der Waals surface area (Å²) in [7, 11) is 5.86. The quantitative estimate of drug-likeness (QED) is 0.353. The van der Waals surface area contributed by atoms with Gasteiger partial charge in [-0.25, -0.2) is 4.39 Å². The number of hydrogen-bond acceptors (Lipinski definition) is 8. The van der Waals surface area contributed by atoms with Crippen molar-refractivity contribution >= 4 is 40.7 Å². The average Bonchev–Trinajstić information content (AvgIpc) is 3.24. The number of H-pyrrole nitrogens is 1. The SMILES string of the molecule is Cc1nc(Nc2cc(CC(=O)Nc3cccc(F)c3)[nH]n2)nc(N(C)c2ccc(N(C)C)cc2)n1. The average molecular weight is 476 g/mol. The number of hydrogen-bond donors (Lipinski definition) is 3. The molecule has 0 bridgehead atoms. The van der Waals surface area contributed by atoms with Crippen LogP contribution in [0.5, 0.6) is 0 Å². The molecule has 0 spiro atoms.